The summed E-state index contributed by atoms with van der Waals surface area (Å²) >= 11 is 0. The lowest BCUT2D eigenvalue weighted by molar-refractivity contribution is 0.422. The summed E-state index contributed by atoms with van der Waals surface area (Å²) in [6, 6.07) is 5.54. The molecule has 0 aromatic carbocycles. The molecular formula is C14H16N2O. The van der Waals surface area contributed by atoms with E-state index in [-0.39, 0.29) is 0 Å². The molecule has 2 bridgehead atoms. The highest BCUT2D eigenvalue weighted by atomic mass is 16.3. The molecule has 0 amide bonds. The third-order valence-electron chi connectivity index (χ3n) is 4.19. The summed E-state index contributed by atoms with van der Waals surface area (Å²) < 4.78 is 5.98. The molecule has 2 aliphatic rings. The Hall–Kier alpha value is -1.35. The molecule has 3 nitrogen and oxygen atoms in total. The third-order valence-corrected chi connectivity index (χ3v) is 4.19. The van der Waals surface area contributed by atoms with Gasteiger partial charge in [0, 0.05) is 30.3 Å². The van der Waals surface area contributed by atoms with Gasteiger partial charge in [-0.3, -0.25) is 4.98 Å². The molecule has 0 aliphatic carbocycles. The summed E-state index contributed by atoms with van der Waals surface area (Å²) in [5, 5.41) is 3.65. The molecule has 17 heavy (non-hydrogen) atoms. The van der Waals surface area contributed by atoms with Crippen LogP contribution in [0.2, 0.25) is 0 Å². The molecule has 88 valence electrons. The zero-order valence-corrected chi connectivity index (χ0v) is 9.94. The maximum absolute atomic E-state index is 5.98. The monoisotopic (exact) mass is 228 g/mol. The van der Waals surface area contributed by atoms with Gasteiger partial charge in [0.25, 0.3) is 0 Å². The molecule has 4 heterocycles. The largest absolute Gasteiger partial charge is 0.459 e. The van der Waals surface area contributed by atoms with Gasteiger partial charge in [0.1, 0.15) is 11.3 Å². The highest BCUT2D eigenvalue weighted by Gasteiger charge is 2.41. The van der Waals surface area contributed by atoms with Crippen LogP contribution in [-0.2, 0) is 0 Å². The van der Waals surface area contributed by atoms with E-state index in [1.54, 1.807) is 0 Å². The van der Waals surface area contributed by atoms with Gasteiger partial charge in [-0.25, -0.2) is 0 Å². The highest BCUT2D eigenvalue weighted by molar-refractivity contribution is 5.73. The van der Waals surface area contributed by atoms with Crippen LogP contribution in [0.1, 0.15) is 36.5 Å². The number of nitrogens with one attached hydrogen (secondary N) is 1. The molecule has 2 saturated heterocycles. The molecular weight excluding hydrogens is 212 g/mol. The van der Waals surface area contributed by atoms with Gasteiger partial charge in [-0.05, 0) is 37.8 Å². The third kappa shape index (κ3) is 1.42. The van der Waals surface area contributed by atoms with Crippen LogP contribution in [0.25, 0.3) is 11.1 Å². The fraction of sp³-hybridized carbons (Fsp3) is 0.500. The molecule has 2 unspecified atom stereocenters. The Bertz CT molecular complexity index is 575. The van der Waals surface area contributed by atoms with Crippen LogP contribution in [0, 0.1) is 6.92 Å². The van der Waals surface area contributed by atoms with E-state index in [0.717, 1.165) is 22.4 Å². The highest BCUT2D eigenvalue weighted by Crippen LogP contribution is 2.41. The Morgan fingerprint density at radius 3 is 3.06 bits per heavy atom. The van der Waals surface area contributed by atoms with E-state index >= 15 is 0 Å². The van der Waals surface area contributed by atoms with Crippen LogP contribution in [0.15, 0.2) is 22.7 Å². The average molecular weight is 228 g/mol. The Kier molecular flexibility index (Phi) is 1.89. The maximum atomic E-state index is 5.98. The minimum Gasteiger partial charge on any atom is -0.459 e. The first-order valence-electron chi connectivity index (χ1n) is 6.42. The van der Waals surface area contributed by atoms with Gasteiger partial charge in [-0.15, -0.1) is 0 Å². The number of fused-ring (bicyclic) bond motifs is 3. The van der Waals surface area contributed by atoms with Gasteiger partial charge < -0.3 is 9.73 Å². The molecule has 0 saturated carbocycles. The Balaban J connectivity index is 1.76. The van der Waals surface area contributed by atoms with Crippen molar-refractivity contribution in [2.45, 2.75) is 44.2 Å². The van der Waals surface area contributed by atoms with E-state index in [1.807, 2.05) is 13.1 Å². The van der Waals surface area contributed by atoms with Crippen LogP contribution in [0.4, 0.5) is 0 Å². The molecule has 2 aromatic heterocycles. The molecule has 0 spiro atoms. The molecule has 2 aliphatic heterocycles. The average Bonchev–Trinajstić information content (AvgIpc) is 3.01. The predicted octanol–water partition coefficient (Wildman–Crippen LogP) is 2.74. The SMILES string of the molecule is Cc1cnc2cc([C@H]3CC4CCC3N4)oc2c1. The normalized spacial score (nSPS) is 31.5. The number of rotatable bonds is 1. The quantitative estimate of drug-likeness (QED) is 0.815. The molecule has 3 atom stereocenters. The van der Waals surface area contributed by atoms with Crippen LogP contribution in [-0.4, -0.2) is 17.1 Å². The van der Waals surface area contributed by atoms with E-state index < -0.39 is 0 Å². The van der Waals surface area contributed by atoms with E-state index in [1.165, 1.54) is 19.3 Å². The smallest absolute Gasteiger partial charge is 0.152 e. The van der Waals surface area contributed by atoms with Crippen molar-refractivity contribution in [1.82, 2.24) is 10.3 Å². The number of furan rings is 1. The summed E-state index contributed by atoms with van der Waals surface area (Å²) in [6.07, 6.45) is 5.75. The second kappa shape index (κ2) is 3.33. The number of hydrogen-bond donors (Lipinski definition) is 1. The lowest BCUT2D eigenvalue weighted by atomic mass is 9.87. The lowest BCUT2D eigenvalue weighted by Crippen LogP contribution is -2.21. The van der Waals surface area contributed by atoms with Gasteiger partial charge in [0.2, 0.25) is 0 Å². The number of pyridine rings is 1. The standard InChI is InChI=1S/C14H16N2O/c1-8-4-14-12(15-7-8)6-13(17-14)10-5-9-2-3-11(10)16-9/h4,6-7,9-11,16H,2-3,5H2,1H3/t9?,10-,11?/m0/s1. The zero-order valence-electron chi connectivity index (χ0n) is 9.94. The van der Waals surface area contributed by atoms with Crippen LogP contribution in [0.5, 0.6) is 0 Å². The molecule has 2 aromatic rings. The van der Waals surface area contributed by atoms with Crippen molar-refractivity contribution in [2.24, 2.45) is 0 Å². The lowest BCUT2D eigenvalue weighted by Gasteiger charge is -2.17. The van der Waals surface area contributed by atoms with Crippen LogP contribution in [0.3, 0.4) is 0 Å². The van der Waals surface area contributed by atoms with Crippen molar-refractivity contribution in [2.75, 3.05) is 0 Å². The van der Waals surface area contributed by atoms with E-state index in [2.05, 4.69) is 22.4 Å². The fourth-order valence-electron chi connectivity index (χ4n) is 3.36. The summed E-state index contributed by atoms with van der Waals surface area (Å²) in [6.45, 7) is 2.05. The van der Waals surface area contributed by atoms with Gasteiger partial charge in [-0.1, -0.05) is 0 Å². The first-order valence-corrected chi connectivity index (χ1v) is 6.42. The number of aryl methyl sites for hydroxylation is 1. The molecule has 2 fully saturated rings. The molecule has 1 N–H and O–H groups in total. The summed E-state index contributed by atoms with van der Waals surface area (Å²) in [4.78, 5) is 4.42. The van der Waals surface area contributed by atoms with E-state index in [9.17, 15) is 0 Å². The van der Waals surface area contributed by atoms with Crippen molar-refractivity contribution < 1.29 is 4.42 Å². The summed E-state index contributed by atoms with van der Waals surface area (Å²) in [5.41, 5.74) is 3.08. The molecule has 4 rings (SSSR count). The minimum absolute atomic E-state index is 0.559. The molecule has 3 heteroatoms. The van der Waals surface area contributed by atoms with Crippen molar-refractivity contribution in [1.29, 1.82) is 0 Å². The first-order chi connectivity index (χ1) is 8.29. The minimum atomic E-state index is 0.559. The second-order valence-electron chi connectivity index (χ2n) is 5.43. The zero-order chi connectivity index (χ0) is 11.4. The number of aromatic nitrogens is 1. The maximum Gasteiger partial charge on any atom is 0.152 e. The van der Waals surface area contributed by atoms with Gasteiger partial charge in [0.15, 0.2) is 5.58 Å². The number of hydrogen-bond acceptors (Lipinski definition) is 3. The first kappa shape index (κ1) is 9.66. The van der Waals surface area contributed by atoms with Crippen molar-refractivity contribution >= 4 is 11.1 Å². The predicted molar refractivity (Wildman–Crippen MR) is 66.0 cm³/mol. The number of nitrogens with zero attached hydrogens (tertiary/aromatic N) is 1. The summed E-state index contributed by atoms with van der Waals surface area (Å²) in [7, 11) is 0. The van der Waals surface area contributed by atoms with Gasteiger partial charge in [0.05, 0.1) is 0 Å². The Morgan fingerprint density at radius 1 is 1.35 bits per heavy atom. The van der Waals surface area contributed by atoms with E-state index in [0.29, 0.717) is 18.0 Å². The molecule has 0 radical (unpaired) electrons. The second-order valence-corrected chi connectivity index (χ2v) is 5.43. The van der Waals surface area contributed by atoms with Crippen molar-refractivity contribution in [3.63, 3.8) is 0 Å². The Morgan fingerprint density at radius 2 is 2.29 bits per heavy atom. The van der Waals surface area contributed by atoms with Crippen LogP contribution >= 0.6 is 0 Å². The van der Waals surface area contributed by atoms with Crippen molar-refractivity contribution in [3.8, 4) is 0 Å². The van der Waals surface area contributed by atoms with Crippen LogP contribution < -0.4 is 5.32 Å². The Labute approximate surface area is 100 Å². The topological polar surface area (TPSA) is 38.1 Å². The summed E-state index contributed by atoms with van der Waals surface area (Å²) in [5.74, 6) is 1.68. The fourth-order valence-corrected chi connectivity index (χ4v) is 3.36. The van der Waals surface area contributed by atoms with Crippen molar-refractivity contribution in [3.05, 3.63) is 29.7 Å². The van der Waals surface area contributed by atoms with Gasteiger partial charge >= 0.3 is 0 Å². The van der Waals surface area contributed by atoms with E-state index in [4.69, 9.17) is 4.42 Å². The van der Waals surface area contributed by atoms with Gasteiger partial charge in [-0.2, -0.15) is 0 Å².